The van der Waals surface area contributed by atoms with Crippen LogP contribution in [0.1, 0.15) is 31.9 Å². The average molecular weight is 396 g/mol. The van der Waals surface area contributed by atoms with E-state index in [9.17, 15) is 14.4 Å². The van der Waals surface area contributed by atoms with E-state index in [1.54, 1.807) is 20.8 Å². The molecule has 2 aromatic carbocycles. The summed E-state index contributed by atoms with van der Waals surface area (Å²) in [4.78, 5) is 38.6. The van der Waals surface area contributed by atoms with E-state index in [4.69, 9.17) is 10.5 Å². The number of hydrogen-bond donors (Lipinski definition) is 1. The Morgan fingerprint density at radius 2 is 1.52 bits per heavy atom. The molecule has 0 aliphatic heterocycles. The maximum Gasteiger partial charge on any atom is 0.417 e. The molecular weight excluding hydrogens is 368 g/mol. The minimum Gasteiger partial charge on any atom is -0.444 e. The smallest absolute Gasteiger partial charge is 0.417 e. The Balaban J connectivity index is 2.26. The van der Waals surface area contributed by atoms with Gasteiger partial charge < -0.3 is 15.3 Å². The van der Waals surface area contributed by atoms with Gasteiger partial charge >= 0.3 is 6.09 Å². The lowest BCUT2D eigenvalue weighted by Crippen LogP contribution is -2.56. The van der Waals surface area contributed by atoms with Crippen LogP contribution in [-0.2, 0) is 27.4 Å². The number of nitrogens with zero attached hydrogens (tertiary/aromatic N) is 1. The fraction of sp³-hybridized carbons (Fsp3) is 0.348. The maximum absolute atomic E-state index is 13.1. The van der Waals surface area contributed by atoms with Gasteiger partial charge in [0.1, 0.15) is 18.9 Å². The molecule has 0 saturated carbocycles. The van der Waals surface area contributed by atoms with Crippen molar-refractivity contribution in [3.63, 3.8) is 0 Å². The molecule has 6 heteroatoms. The van der Waals surface area contributed by atoms with Crippen LogP contribution in [0.3, 0.4) is 0 Å². The van der Waals surface area contributed by atoms with Crippen LogP contribution in [0.25, 0.3) is 0 Å². The highest BCUT2D eigenvalue weighted by atomic mass is 16.6. The van der Waals surface area contributed by atoms with Crippen molar-refractivity contribution in [3.8, 4) is 0 Å². The highest BCUT2D eigenvalue weighted by Crippen LogP contribution is 2.21. The Morgan fingerprint density at radius 1 is 1.00 bits per heavy atom. The Bertz CT molecular complexity index is 816. The SMILES string of the molecule is CC(C)(C)[C@H](N)C(=O)N(C(=O)OCc1ccccc1)[C@H](C=O)Cc1ccccc1. The molecule has 2 aromatic rings. The number of ether oxygens (including phenoxy) is 1. The lowest BCUT2D eigenvalue weighted by Gasteiger charge is -2.33. The topological polar surface area (TPSA) is 89.7 Å². The van der Waals surface area contributed by atoms with Gasteiger partial charge in [0.25, 0.3) is 0 Å². The quantitative estimate of drug-likeness (QED) is 0.725. The van der Waals surface area contributed by atoms with E-state index < -0.39 is 29.5 Å². The molecule has 0 aromatic heterocycles. The summed E-state index contributed by atoms with van der Waals surface area (Å²) in [5, 5.41) is 0. The fourth-order valence-electron chi connectivity index (χ4n) is 2.75. The lowest BCUT2D eigenvalue weighted by molar-refractivity contribution is -0.137. The molecule has 0 bridgehead atoms. The number of carbonyl (C=O) groups excluding carboxylic acids is 3. The summed E-state index contributed by atoms with van der Waals surface area (Å²) in [7, 11) is 0. The molecule has 2 N–H and O–H groups in total. The van der Waals surface area contributed by atoms with Gasteiger partial charge in [-0.15, -0.1) is 0 Å². The third-order valence-electron chi connectivity index (χ3n) is 4.61. The first-order valence-corrected chi connectivity index (χ1v) is 9.52. The Labute approximate surface area is 171 Å². The first kappa shape index (κ1) is 22.3. The van der Waals surface area contributed by atoms with Crippen LogP contribution < -0.4 is 5.73 Å². The Kier molecular flexibility index (Phi) is 7.67. The third kappa shape index (κ3) is 6.26. The molecule has 2 amide bonds. The van der Waals surface area contributed by atoms with Crippen molar-refractivity contribution in [2.45, 2.75) is 45.9 Å². The van der Waals surface area contributed by atoms with E-state index in [0.717, 1.165) is 16.0 Å². The van der Waals surface area contributed by atoms with Gasteiger partial charge in [-0.25, -0.2) is 9.69 Å². The number of amides is 2. The number of nitrogens with two attached hydrogens (primary N) is 1. The van der Waals surface area contributed by atoms with Crippen molar-refractivity contribution in [3.05, 3.63) is 71.8 Å². The van der Waals surface area contributed by atoms with Gasteiger partial charge in [-0.05, 0) is 16.5 Å². The minimum atomic E-state index is -1.01. The molecule has 0 heterocycles. The molecule has 6 nitrogen and oxygen atoms in total. The zero-order chi connectivity index (χ0) is 21.4. The third-order valence-corrected chi connectivity index (χ3v) is 4.61. The number of rotatable bonds is 7. The van der Waals surface area contributed by atoms with Gasteiger partial charge in [0.2, 0.25) is 5.91 Å². The molecule has 0 fully saturated rings. The van der Waals surface area contributed by atoms with Crippen molar-refractivity contribution >= 4 is 18.3 Å². The molecule has 2 atom stereocenters. The summed E-state index contributed by atoms with van der Waals surface area (Å²) in [5.74, 6) is -0.636. The Hall–Kier alpha value is -2.99. The van der Waals surface area contributed by atoms with Gasteiger partial charge in [-0.2, -0.15) is 0 Å². The molecule has 0 saturated heterocycles. The van der Waals surface area contributed by atoms with Crippen LogP contribution in [0.5, 0.6) is 0 Å². The summed E-state index contributed by atoms with van der Waals surface area (Å²) in [6.07, 6.45) is -0.108. The van der Waals surface area contributed by atoms with Gasteiger partial charge in [0.05, 0.1) is 6.04 Å². The molecule has 2 rings (SSSR count). The predicted molar refractivity (Wildman–Crippen MR) is 111 cm³/mol. The predicted octanol–water partition coefficient (Wildman–Crippen LogP) is 3.34. The normalized spacial score (nSPS) is 13.2. The fourth-order valence-corrected chi connectivity index (χ4v) is 2.75. The molecule has 0 spiro atoms. The molecular formula is C23H28N2O4. The number of hydrogen-bond acceptors (Lipinski definition) is 5. The molecule has 29 heavy (non-hydrogen) atoms. The maximum atomic E-state index is 13.1. The van der Waals surface area contributed by atoms with Crippen LogP contribution in [0.15, 0.2) is 60.7 Å². The number of aldehydes is 1. The highest BCUT2D eigenvalue weighted by molar-refractivity contribution is 5.97. The van der Waals surface area contributed by atoms with Crippen LogP contribution >= 0.6 is 0 Å². The second kappa shape index (κ2) is 9.98. The first-order chi connectivity index (χ1) is 13.7. The van der Waals surface area contributed by atoms with Crippen molar-refractivity contribution in [2.24, 2.45) is 11.1 Å². The molecule has 0 aliphatic carbocycles. The minimum absolute atomic E-state index is 0.00881. The van der Waals surface area contributed by atoms with E-state index >= 15 is 0 Å². The summed E-state index contributed by atoms with van der Waals surface area (Å²) < 4.78 is 5.35. The van der Waals surface area contributed by atoms with Crippen molar-refractivity contribution in [1.82, 2.24) is 4.90 Å². The average Bonchev–Trinajstić information content (AvgIpc) is 2.71. The molecule has 0 unspecified atom stereocenters. The number of benzene rings is 2. The first-order valence-electron chi connectivity index (χ1n) is 9.52. The zero-order valence-corrected chi connectivity index (χ0v) is 17.1. The van der Waals surface area contributed by atoms with Crippen molar-refractivity contribution in [2.75, 3.05) is 0 Å². The summed E-state index contributed by atoms with van der Waals surface area (Å²) >= 11 is 0. The lowest BCUT2D eigenvalue weighted by atomic mass is 9.86. The summed E-state index contributed by atoms with van der Waals surface area (Å²) in [6, 6.07) is 16.3. The molecule has 0 radical (unpaired) electrons. The largest absolute Gasteiger partial charge is 0.444 e. The Morgan fingerprint density at radius 3 is 2.00 bits per heavy atom. The van der Waals surface area contributed by atoms with Crippen molar-refractivity contribution in [1.29, 1.82) is 0 Å². The number of imide groups is 1. The van der Waals surface area contributed by atoms with Crippen LogP contribution in [-0.4, -0.2) is 35.3 Å². The second-order valence-electron chi connectivity index (χ2n) is 7.99. The zero-order valence-electron chi connectivity index (χ0n) is 17.1. The highest BCUT2D eigenvalue weighted by Gasteiger charge is 2.38. The van der Waals surface area contributed by atoms with E-state index in [1.807, 2.05) is 60.7 Å². The standard InChI is InChI=1S/C23H28N2O4/c1-23(2,3)20(24)21(27)25(19(15-26)14-17-10-6-4-7-11-17)22(28)29-16-18-12-8-5-9-13-18/h4-13,15,19-20H,14,16,24H2,1-3H3/t19-,20+/m0/s1. The summed E-state index contributed by atoms with van der Waals surface area (Å²) in [5.41, 5.74) is 7.12. The van der Waals surface area contributed by atoms with E-state index in [0.29, 0.717) is 6.29 Å². The van der Waals surface area contributed by atoms with Crippen molar-refractivity contribution < 1.29 is 19.1 Å². The van der Waals surface area contributed by atoms with E-state index in [2.05, 4.69) is 0 Å². The monoisotopic (exact) mass is 396 g/mol. The second-order valence-corrected chi connectivity index (χ2v) is 7.99. The van der Waals surface area contributed by atoms with Gasteiger partial charge in [0.15, 0.2) is 0 Å². The molecule has 0 aliphatic rings. The van der Waals surface area contributed by atoms with Gasteiger partial charge in [0, 0.05) is 6.42 Å². The molecule has 154 valence electrons. The van der Waals surface area contributed by atoms with E-state index in [-0.39, 0.29) is 13.0 Å². The van der Waals surface area contributed by atoms with Gasteiger partial charge in [-0.1, -0.05) is 81.4 Å². The van der Waals surface area contributed by atoms with Crippen LogP contribution in [0, 0.1) is 5.41 Å². The van der Waals surface area contributed by atoms with Gasteiger partial charge in [-0.3, -0.25) is 4.79 Å². The van der Waals surface area contributed by atoms with Crippen LogP contribution in [0.4, 0.5) is 4.79 Å². The summed E-state index contributed by atoms with van der Waals surface area (Å²) in [6.45, 7) is 5.40. The van der Waals surface area contributed by atoms with Crippen LogP contribution in [0.2, 0.25) is 0 Å². The van der Waals surface area contributed by atoms with E-state index in [1.165, 1.54) is 0 Å². The number of carbonyl (C=O) groups is 3.